The summed E-state index contributed by atoms with van der Waals surface area (Å²) < 4.78 is 40.2. The van der Waals surface area contributed by atoms with Crippen molar-refractivity contribution in [1.29, 1.82) is 0 Å². The molecule has 0 aliphatic carbocycles. The molecule has 3 amide bonds. The zero-order valence-electron chi connectivity index (χ0n) is 15.6. The molecule has 0 bridgehead atoms. The van der Waals surface area contributed by atoms with Gasteiger partial charge < -0.3 is 15.7 Å². The topological polar surface area (TPSA) is 128 Å². The summed E-state index contributed by atoms with van der Waals surface area (Å²) in [6, 6.07) is 8.32. The maximum Gasteiger partial charge on any atom is 0.326 e. The number of aromatic hydroxyl groups is 1. The molecule has 11 heteroatoms. The first kappa shape index (κ1) is 20.4. The Morgan fingerprint density at radius 3 is 2.31 bits per heavy atom. The van der Waals surface area contributed by atoms with Crippen molar-refractivity contribution in [1.82, 2.24) is 4.72 Å². The van der Waals surface area contributed by atoms with Crippen LogP contribution < -0.4 is 19.7 Å². The Bertz CT molecular complexity index is 1050. The first-order chi connectivity index (χ1) is 13.6. The van der Waals surface area contributed by atoms with Crippen LogP contribution in [0.25, 0.3) is 0 Å². The molecule has 4 N–H and O–H groups in total. The van der Waals surface area contributed by atoms with Crippen LogP contribution in [0.5, 0.6) is 5.75 Å². The number of carbonyl (C=O) groups is 2. The summed E-state index contributed by atoms with van der Waals surface area (Å²) in [6.07, 6.45) is 0. The van der Waals surface area contributed by atoms with Crippen LogP contribution in [0.2, 0.25) is 0 Å². The molecule has 1 fully saturated rings. The molecule has 1 aliphatic rings. The Balaban J connectivity index is 1.75. The van der Waals surface area contributed by atoms with Crippen molar-refractivity contribution in [2.24, 2.45) is 0 Å². The number of nitrogens with one attached hydrogen (secondary N) is 3. The molecule has 2 aromatic rings. The van der Waals surface area contributed by atoms with E-state index in [9.17, 15) is 27.5 Å². The Hall–Kier alpha value is -3.34. The minimum absolute atomic E-state index is 0.101. The predicted octanol–water partition coefficient (Wildman–Crippen LogP) is 2.48. The van der Waals surface area contributed by atoms with Crippen LogP contribution in [-0.4, -0.2) is 32.0 Å². The number of anilines is 3. The van der Waals surface area contributed by atoms with Crippen LogP contribution in [0.15, 0.2) is 36.4 Å². The van der Waals surface area contributed by atoms with Crippen LogP contribution in [0.3, 0.4) is 0 Å². The highest BCUT2D eigenvalue weighted by Gasteiger charge is 2.37. The van der Waals surface area contributed by atoms with Crippen molar-refractivity contribution < 1.29 is 27.5 Å². The highest BCUT2D eigenvalue weighted by atomic mass is 32.2. The summed E-state index contributed by atoms with van der Waals surface area (Å²) >= 11 is 0. The SMILES string of the molecule is CC(C)c1ccc(NC(=O)Nc2cc(O)c(N3CC(=O)NS3(=O)=O)c(F)c2)cc1. The minimum Gasteiger partial charge on any atom is -0.506 e. The van der Waals surface area contributed by atoms with E-state index in [2.05, 4.69) is 10.6 Å². The molecular weight excluding hydrogens is 403 g/mol. The number of hydrogen-bond donors (Lipinski definition) is 4. The Labute approximate surface area is 166 Å². The average Bonchev–Trinajstić information content (AvgIpc) is 2.86. The predicted molar refractivity (Wildman–Crippen MR) is 106 cm³/mol. The monoisotopic (exact) mass is 422 g/mol. The maximum absolute atomic E-state index is 14.5. The van der Waals surface area contributed by atoms with Crippen molar-refractivity contribution in [3.8, 4) is 5.75 Å². The number of rotatable bonds is 4. The zero-order valence-corrected chi connectivity index (χ0v) is 16.4. The Morgan fingerprint density at radius 2 is 1.79 bits per heavy atom. The Morgan fingerprint density at radius 1 is 1.17 bits per heavy atom. The van der Waals surface area contributed by atoms with E-state index >= 15 is 0 Å². The number of carbonyl (C=O) groups excluding carboxylic acids is 2. The number of nitrogens with zero attached hydrogens (tertiary/aromatic N) is 1. The summed E-state index contributed by atoms with van der Waals surface area (Å²) in [5, 5.41) is 15.0. The lowest BCUT2D eigenvalue weighted by molar-refractivity contribution is -0.117. The van der Waals surface area contributed by atoms with Gasteiger partial charge in [0, 0.05) is 17.4 Å². The van der Waals surface area contributed by atoms with Crippen molar-refractivity contribution in [3.05, 3.63) is 47.8 Å². The summed E-state index contributed by atoms with van der Waals surface area (Å²) in [6.45, 7) is 3.42. The molecule has 9 nitrogen and oxygen atoms in total. The standard InChI is InChI=1S/C18H19FN4O5S/c1-10(2)11-3-5-12(6-4-11)20-18(26)21-13-7-14(19)17(15(24)8-13)23-9-16(25)22-29(23,27)28/h3-8,10,24H,9H2,1-2H3,(H,22,25)(H2,20,21,26). The number of benzene rings is 2. The van der Waals surface area contributed by atoms with Gasteiger partial charge >= 0.3 is 16.2 Å². The third-order valence-electron chi connectivity index (χ3n) is 4.21. The number of phenols is 1. The molecule has 0 spiro atoms. The molecule has 1 aliphatic heterocycles. The van der Waals surface area contributed by atoms with Crippen molar-refractivity contribution >= 4 is 39.2 Å². The number of hydrogen-bond acceptors (Lipinski definition) is 5. The summed E-state index contributed by atoms with van der Waals surface area (Å²) in [5.74, 6) is -2.38. The summed E-state index contributed by atoms with van der Waals surface area (Å²) in [7, 11) is -4.29. The third kappa shape index (κ3) is 4.40. The van der Waals surface area contributed by atoms with Gasteiger partial charge in [-0.15, -0.1) is 0 Å². The minimum atomic E-state index is -4.29. The van der Waals surface area contributed by atoms with Gasteiger partial charge in [0.2, 0.25) is 0 Å². The second-order valence-electron chi connectivity index (χ2n) is 6.72. The molecule has 0 atom stereocenters. The molecular formula is C18H19FN4O5S. The zero-order chi connectivity index (χ0) is 21.3. The molecule has 1 saturated heterocycles. The molecule has 0 saturated carbocycles. The maximum atomic E-state index is 14.5. The first-order valence-electron chi connectivity index (χ1n) is 8.60. The number of urea groups is 1. The third-order valence-corrected chi connectivity index (χ3v) is 5.58. The molecule has 1 heterocycles. The van der Waals surface area contributed by atoms with E-state index in [0.717, 1.165) is 17.7 Å². The van der Waals surface area contributed by atoms with Gasteiger partial charge in [-0.1, -0.05) is 26.0 Å². The van der Waals surface area contributed by atoms with Crippen LogP contribution in [0.1, 0.15) is 25.3 Å². The van der Waals surface area contributed by atoms with E-state index in [-0.39, 0.29) is 5.69 Å². The quantitative estimate of drug-likeness (QED) is 0.602. The number of amides is 3. The molecule has 0 radical (unpaired) electrons. The normalized spacial score (nSPS) is 15.3. The molecule has 3 rings (SSSR count). The first-order valence-corrected chi connectivity index (χ1v) is 10.0. The van der Waals surface area contributed by atoms with Gasteiger partial charge in [-0.05, 0) is 29.7 Å². The fraction of sp³-hybridized carbons (Fsp3) is 0.222. The van der Waals surface area contributed by atoms with Crippen molar-refractivity contribution in [2.45, 2.75) is 19.8 Å². The van der Waals surface area contributed by atoms with Crippen molar-refractivity contribution in [3.63, 3.8) is 0 Å². The molecule has 154 valence electrons. The van der Waals surface area contributed by atoms with E-state index in [4.69, 9.17) is 0 Å². The second kappa shape index (κ2) is 7.59. The number of halogens is 1. The fourth-order valence-corrected chi connectivity index (χ4v) is 3.97. The lowest BCUT2D eigenvalue weighted by Crippen LogP contribution is -2.30. The van der Waals surface area contributed by atoms with E-state index in [1.165, 1.54) is 0 Å². The van der Waals surface area contributed by atoms with Gasteiger partial charge in [0.05, 0.1) is 0 Å². The molecule has 0 unspecified atom stereocenters. The molecule has 29 heavy (non-hydrogen) atoms. The lowest BCUT2D eigenvalue weighted by Gasteiger charge is -2.18. The van der Waals surface area contributed by atoms with Crippen LogP contribution in [0.4, 0.5) is 26.2 Å². The fourth-order valence-electron chi connectivity index (χ4n) is 2.79. The van der Waals surface area contributed by atoms with E-state index in [1.807, 2.05) is 26.0 Å². The highest BCUT2D eigenvalue weighted by molar-refractivity contribution is 7.92. The summed E-state index contributed by atoms with van der Waals surface area (Å²) in [4.78, 5) is 23.4. The van der Waals surface area contributed by atoms with Gasteiger partial charge in [0.15, 0.2) is 5.82 Å². The van der Waals surface area contributed by atoms with Crippen LogP contribution in [-0.2, 0) is 15.0 Å². The highest BCUT2D eigenvalue weighted by Crippen LogP contribution is 2.36. The molecule has 2 aromatic carbocycles. The van der Waals surface area contributed by atoms with Gasteiger partial charge in [0.25, 0.3) is 5.91 Å². The van der Waals surface area contributed by atoms with Crippen LogP contribution >= 0.6 is 0 Å². The molecule has 0 aromatic heterocycles. The smallest absolute Gasteiger partial charge is 0.326 e. The Kier molecular flexibility index (Phi) is 5.33. The van der Waals surface area contributed by atoms with Gasteiger partial charge in [0.1, 0.15) is 18.0 Å². The summed E-state index contributed by atoms with van der Waals surface area (Å²) in [5.41, 5.74) is 0.832. The average molecular weight is 422 g/mol. The lowest BCUT2D eigenvalue weighted by atomic mass is 10.0. The largest absolute Gasteiger partial charge is 0.506 e. The van der Waals surface area contributed by atoms with E-state index < -0.39 is 45.9 Å². The van der Waals surface area contributed by atoms with Crippen molar-refractivity contribution in [2.75, 3.05) is 21.5 Å². The second-order valence-corrected chi connectivity index (χ2v) is 8.31. The van der Waals surface area contributed by atoms with Gasteiger partial charge in [-0.2, -0.15) is 8.42 Å². The number of phenolic OH excluding ortho intramolecular Hbond substituents is 1. The van der Waals surface area contributed by atoms with E-state index in [0.29, 0.717) is 15.9 Å². The van der Waals surface area contributed by atoms with Gasteiger partial charge in [-0.25, -0.2) is 18.2 Å². The van der Waals surface area contributed by atoms with Gasteiger partial charge in [-0.3, -0.25) is 4.79 Å². The van der Waals surface area contributed by atoms with Crippen LogP contribution in [0, 0.1) is 5.82 Å². The van der Waals surface area contributed by atoms with E-state index in [1.54, 1.807) is 16.9 Å².